The predicted octanol–water partition coefficient (Wildman–Crippen LogP) is 8.80. The standard InChI is InChI=1S/3C9H18.Eu/c3*1-6-5-7(2)9(4)8(6)3;/h3*6-9H,5H2,1-4H3;. The van der Waals surface area contributed by atoms with E-state index in [2.05, 4.69) is 83.1 Å². The van der Waals surface area contributed by atoms with E-state index in [-0.39, 0.29) is 49.4 Å². The van der Waals surface area contributed by atoms with Crippen molar-refractivity contribution < 1.29 is 49.4 Å². The summed E-state index contributed by atoms with van der Waals surface area (Å²) in [7, 11) is 0. The van der Waals surface area contributed by atoms with E-state index < -0.39 is 0 Å². The first-order chi connectivity index (χ1) is 12.4. The van der Waals surface area contributed by atoms with Crippen molar-refractivity contribution in [3.8, 4) is 0 Å². The fraction of sp³-hybridized carbons (Fsp3) is 1.00. The molecule has 0 aromatic heterocycles. The second-order valence-electron chi connectivity index (χ2n) is 11.7. The van der Waals surface area contributed by atoms with E-state index in [0.29, 0.717) is 0 Å². The van der Waals surface area contributed by atoms with Gasteiger partial charge in [-0.05, 0) is 90.3 Å². The van der Waals surface area contributed by atoms with Gasteiger partial charge in [-0.1, -0.05) is 83.1 Å². The molecule has 0 spiro atoms. The molecule has 169 valence electrons. The third kappa shape index (κ3) is 7.93. The van der Waals surface area contributed by atoms with Gasteiger partial charge >= 0.3 is 0 Å². The fourth-order valence-electron chi connectivity index (χ4n) is 6.16. The maximum absolute atomic E-state index is 2.39. The Balaban J connectivity index is 0.000000384. The fourth-order valence-corrected chi connectivity index (χ4v) is 6.16. The second kappa shape index (κ2) is 13.2. The quantitative estimate of drug-likeness (QED) is 0.294. The Labute approximate surface area is 220 Å². The van der Waals surface area contributed by atoms with Crippen molar-refractivity contribution in [3.05, 3.63) is 0 Å². The molecule has 12 unspecified atom stereocenters. The Hall–Kier alpha value is 1.58. The maximum atomic E-state index is 2.39. The summed E-state index contributed by atoms with van der Waals surface area (Å²) < 4.78 is 0. The maximum Gasteiger partial charge on any atom is 0 e. The molecule has 3 fully saturated rings. The van der Waals surface area contributed by atoms with Crippen LogP contribution in [0.15, 0.2) is 0 Å². The van der Waals surface area contributed by atoms with Crippen LogP contribution in [0.5, 0.6) is 0 Å². The van der Waals surface area contributed by atoms with Crippen LogP contribution in [0.25, 0.3) is 0 Å². The molecule has 0 nitrogen and oxygen atoms in total. The molecule has 0 aromatic carbocycles. The molecule has 0 amide bonds. The molecule has 3 saturated carbocycles. The summed E-state index contributed by atoms with van der Waals surface area (Å²) in [5.74, 6) is 11.6. The van der Waals surface area contributed by atoms with Crippen LogP contribution >= 0.6 is 0 Å². The number of hydrogen-bond acceptors (Lipinski definition) is 0. The summed E-state index contributed by atoms with van der Waals surface area (Å²) in [6.07, 6.45) is 4.34. The molecule has 0 N–H and O–H groups in total. The summed E-state index contributed by atoms with van der Waals surface area (Å²) in [5, 5.41) is 0. The van der Waals surface area contributed by atoms with Crippen LogP contribution < -0.4 is 0 Å². The molecular formula is C27H54Eu. The van der Waals surface area contributed by atoms with Gasteiger partial charge in [0.1, 0.15) is 0 Å². The minimum Gasteiger partial charge on any atom is -0.0622 e. The largest absolute Gasteiger partial charge is 0.0622 e. The van der Waals surface area contributed by atoms with Gasteiger partial charge in [-0.2, -0.15) is 0 Å². The molecule has 0 aromatic rings. The first kappa shape index (κ1) is 29.6. The molecule has 3 aliphatic carbocycles. The Morgan fingerprint density at radius 2 is 0.393 bits per heavy atom. The van der Waals surface area contributed by atoms with Gasteiger partial charge in [-0.3, -0.25) is 0 Å². The van der Waals surface area contributed by atoms with Gasteiger partial charge in [0, 0.05) is 49.4 Å². The molecular weight excluding hydrogens is 476 g/mol. The summed E-state index contributed by atoms with van der Waals surface area (Å²) in [4.78, 5) is 0. The molecule has 12 atom stereocenters. The second-order valence-corrected chi connectivity index (χ2v) is 11.7. The zero-order valence-corrected chi connectivity index (χ0v) is 23.9. The molecule has 0 heterocycles. The molecule has 28 heavy (non-hydrogen) atoms. The zero-order chi connectivity index (χ0) is 21.0. The third-order valence-corrected chi connectivity index (χ3v) is 10.1. The van der Waals surface area contributed by atoms with Crippen molar-refractivity contribution in [3.63, 3.8) is 0 Å². The van der Waals surface area contributed by atoms with Crippen molar-refractivity contribution in [1.29, 1.82) is 0 Å². The van der Waals surface area contributed by atoms with E-state index in [1.165, 1.54) is 19.3 Å². The molecule has 0 bridgehead atoms. The molecule has 3 aliphatic rings. The minimum absolute atomic E-state index is 0. The molecule has 3 rings (SSSR count). The van der Waals surface area contributed by atoms with Gasteiger partial charge < -0.3 is 0 Å². The number of rotatable bonds is 0. The van der Waals surface area contributed by atoms with Crippen molar-refractivity contribution in [2.75, 3.05) is 0 Å². The molecule has 0 saturated heterocycles. The van der Waals surface area contributed by atoms with Gasteiger partial charge in [-0.15, -0.1) is 0 Å². The Morgan fingerprint density at radius 1 is 0.286 bits per heavy atom. The van der Waals surface area contributed by atoms with Crippen LogP contribution in [-0.2, 0) is 0 Å². The van der Waals surface area contributed by atoms with Crippen molar-refractivity contribution in [2.24, 2.45) is 71.0 Å². The average molecular weight is 531 g/mol. The molecule has 1 heteroatoms. The normalized spacial score (nSPS) is 50.1. The SMILES string of the molecule is CC1CC(C)C(C)C1C.CC1CC(C)C(C)C1C.CC1CC(C)C(C)C1C.[Eu]. The Kier molecular flexibility index (Phi) is 14.0. The van der Waals surface area contributed by atoms with Crippen LogP contribution in [-0.4, -0.2) is 0 Å². The van der Waals surface area contributed by atoms with E-state index >= 15 is 0 Å². The van der Waals surface area contributed by atoms with E-state index in [0.717, 1.165) is 71.0 Å². The van der Waals surface area contributed by atoms with Gasteiger partial charge in [-0.25, -0.2) is 0 Å². The Bertz CT molecular complexity index is 321. The van der Waals surface area contributed by atoms with Crippen LogP contribution in [0, 0.1) is 120 Å². The van der Waals surface area contributed by atoms with E-state index in [9.17, 15) is 0 Å². The van der Waals surface area contributed by atoms with Crippen LogP contribution in [0.2, 0.25) is 0 Å². The monoisotopic (exact) mass is 531 g/mol. The van der Waals surface area contributed by atoms with Gasteiger partial charge in [0.05, 0.1) is 0 Å². The third-order valence-electron chi connectivity index (χ3n) is 10.1. The van der Waals surface area contributed by atoms with Gasteiger partial charge in [0.15, 0.2) is 0 Å². The first-order valence-electron chi connectivity index (χ1n) is 12.4. The van der Waals surface area contributed by atoms with Crippen molar-refractivity contribution >= 4 is 0 Å². The summed E-state index contributed by atoms with van der Waals surface area (Å²) in [6.45, 7) is 28.6. The van der Waals surface area contributed by atoms with E-state index in [4.69, 9.17) is 0 Å². The first-order valence-corrected chi connectivity index (χ1v) is 12.4. The zero-order valence-electron chi connectivity index (χ0n) is 21.4. The van der Waals surface area contributed by atoms with Crippen molar-refractivity contribution in [2.45, 2.75) is 102 Å². The molecule has 0 aliphatic heterocycles. The topological polar surface area (TPSA) is 0 Å². The van der Waals surface area contributed by atoms with E-state index in [1.54, 1.807) is 0 Å². The van der Waals surface area contributed by atoms with Crippen LogP contribution in [0.4, 0.5) is 0 Å². The summed E-state index contributed by atoms with van der Waals surface area (Å²) in [5.41, 5.74) is 0. The van der Waals surface area contributed by atoms with E-state index in [1.807, 2.05) is 0 Å². The van der Waals surface area contributed by atoms with Gasteiger partial charge in [0.2, 0.25) is 0 Å². The van der Waals surface area contributed by atoms with Crippen LogP contribution in [0.1, 0.15) is 102 Å². The number of hydrogen-bond donors (Lipinski definition) is 0. The summed E-state index contributed by atoms with van der Waals surface area (Å²) in [6, 6.07) is 0. The molecule has 1 radical (unpaired) electrons. The van der Waals surface area contributed by atoms with Crippen molar-refractivity contribution in [1.82, 2.24) is 0 Å². The predicted molar refractivity (Wildman–Crippen MR) is 124 cm³/mol. The summed E-state index contributed by atoms with van der Waals surface area (Å²) >= 11 is 0. The Morgan fingerprint density at radius 3 is 0.429 bits per heavy atom. The average Bonchev–Trinajstić information content (AvgIpc) is 3.07. The van der Waals surface area contributed by atoms with Gasteiger partial charge in [0.25, 0.3) is 0 Å². The van der Waals surface area contributed by atoms with Crippen LogP contribution in [0.3, 0.4) is 0 Å². The minimum atomic E-state index is 0. The smallest absolute Gasteiger partial charge is 0 e.